The van der Waals surface area contributed by atoms with Gasteiger partial charge in [0.05, 0.1) is 25.5 Å². The predicted octanol–water partition coefficient (Wildman–Crippen LogP) is 3.81. The second-order valence-corrected chi connectivity index (χ2v) is 9.20. The van der Waals surface area contributed by atoms with Gasteiger partial charge in [0.2, 0.25) is 0 Å². The van der Waals surface area contributed by atoms with Crippen molar-refractivity contribution in [3.63, 3.8) is 0 Å². The fourth-order valence-corrected chi connectivity index (χ4v) is 4.45. The van der Waals surface area contributed by atoms with Crippen LogP contribution < -0.4 is 25.0 Å². The molecule has 0 aliphatic carbocycles. The van der Waals surface area contributed by atoms with Crippen molar-refractivity contribution < 1.29 is 19.1 Å². The van der Waals surface area contributed by atoms with Gasteiger partial charge in [-0.05, 0) is 66.1 Å². The Balaban J connectivity index is 1.34. The van der Waals surface area contributed by atoms with E-state index in [9.17, 15) is 9.59 Å². The van der Waals surface area contributed by atoms with E-state index in [2.05, 4.69) is 21.6 Å². The average Bonchev–Trinajstić information content (AvgIpc) is 2.92. The third-order valence-electron chi connectivity index (χ3n) is 6.58. The van der Waals surface area contributed by atoms with Crippen LogP contribution in [0.4, 0.5) is 11.4 Å². The molecule has 8 nitrogen and oxygen atoms in total. The number of anilines is 2. The highest BCUT2D eigenvalue weighted by atomic mass is 16.5. The highest BCUT2D eigenvalue weighted by Crippen LogP contribution is 2.33. The molecule has 37 heavy (non-hydrogen) atoms. The van der Waals surface area contributed by atoms with Crippen molar-refractivity contribution in [3.8, 4) is 11.5 Å². The Morgan fingerprint density at radius 1 is 0.919 bits per heavy atom. The molecule has 0 spiro atoms. The number of methoxy groups -OCH3 is 2. The van der Waals surface area contributed by atoms with Crippen LogP contribution in [-0.2, 0) is 13.0 Å². The number of nitrogens with zero attached hydrogens (tertiary/aromatic N) is 2. The molecule has 194 valence electrons. The first-order chi connectivity index (χ1) is 17.9. The van der Waals surface area contributed by atoms with E-state index in [0.717, 1.165) is 36.7 Å². The molecule has 2 N–H and O–H groups in total. The van der Waals surface area contributed by atoms with Crippen LogP contribution in [0.25, 0.3) is 0 Å². The molecule has 0 atom stereocenters. The van der Waals surface area contributed by atoms with E-state index in [0.29, 0.717) is 29.9 Å². The Morgan fingerprint density at radius 2 is 1.59 bits per heavy atom. The van der Waals surface area contributed by atoms with Crippen molar-refractivity contribution >= 4 is 23.2 Å². The van der Waals surface area contributed by atoms with Gasteiger partial charge < -0.3 is 25.0 Å². The molecule has 0 fully saturated rings. The molecule has 1 aliphatic rings. The van der Waals surface area contributed by atoms with Crippen LogP contribution in [0.5, 0.6) is 11.5 Å². The number of nitrogens with one attached hydrogen (secondary N) is 2. The molecular formula is C29H34N4O4. The van der Waals surface area contributed by atoms with Crippen LogP contribution in [0, 0.1) is 0 Å². The lowest BCUT2D eigenvalue weighted by molar-refractivity contribution is 0.0948. The summed E-state index contributed by atoms with van der Waals surface area (Å²) in [6, 6.07) is 18.5. The maximum Gasteiger partial charge on any atom is 0.255 e. The lowest BCUT2D eigenvalue weighted by Crippen LogP contribution is -2.38. The van der Waals surface area contributed by atoms with Crippen molar-refractivity contribution in [2.45, 2.75) is 13.0 Å². The Hall–Kier alpha value is -4.04. The van der Waals surface area contributed by atoms with Crippen molar-refractivity contribution in [2.24, 2.45) is 0 Å². The van der Waals surface area contributed by atoms with Gasteiger partial charge in [-0.15, -0.1) is 0 Å². The third kappa shape index (κ3) is 6.21. The largest absolute Gasteiger partial charge is 0.493 e. The van der Waals surface area contributed by atoms with E-state index in [1.165, 1.54) is 11.1 Å². The number of carbonyl (C=O) groups excluding carboxylic acids is 2. The maximum absolute atomic E-state index is 13.0. The topological polar surface area (TPSA) is 83.1 Å². The molecule has 1 aliphatic heterocycles. The van der Waals surface area contributed by atoms with Gasteiger partial charge >= 0.3 is 0 Å². The van der Waals surface area contributed by atoms with Gasteiger partial charge in [0, 0.05) is 51.5 Å². The molecule has 0 unspecified atom stereocenters. The molecule has 3 aromatic rings. The molecule has 0 bridgehead atoms. The number of amides is 2. The number of fused-ring (bicyclic) bond motifs is 1. The molecular weight excluding hydrogens is 468 g/mol. The van der Waals surface area contributed by atoms with Crippen molar-refractivity contribution in [1.82, 2.24) is 10.2 Å². The van der Waals surface area contributed by atoms with Gasteiger partial charge in [0.15, 0.2) is 11.5 Å². The summed E-state index contributed by atoms with van der Waals surface area (Å²) in [6.07, 6.45) is 0.911. The molecule has 2 amide bonds. The molecule has 1 heterocycles. The third-order valence-corrected chi connectivity index (χ3v) is 6.58. The molecule has 3 aromatic carbocycles. The summed E-state index contributed by atoms with van der Waals surface area (Å²) in [4.78, 5) is 30.1. The Bertz CT molecular complexity index is 1260. The van der Waals surface area contributed by atoms with Gasteiger partial charge in [-0.3, -0.25) is 14.5 Å². The second-order valence-electron chi connectivity index (χ2n) is 9.20. The minimum absolute atomic E-state index is 0.220. The zero-order chi connectivity index (χ0) is 26.4. The van der Waals surface area contributed by atoms with Gasteiger partial charge in [0.25, 0.3) is 11.8 Å². The van der Waals surface area contributed by atoms with Crippen molar-refractivity contribution in [2.75, 3.05) is 58.2 Å². The van der Waals surface area contributed by atoms with E-state index < -0.39 is 0 Å². The van der Waals surface area contributed by atoms with Crippen LogP contribution in [0.2, 0.25) is 0 Å². The SMILES string of the molecule is COc1cc2c(cc1OC)CN(CCNC(=O)c1ccccc1NC(=O)c1ccc(N(C)C)cc1)CC2. The van der Waals surface area contributed by atoms with Gasteiger partial charge in [-0.25, -0.2) is 0 Å². The number of ether oxygens (including phenoxy) is 2. The summed E-state index contributed by atoms with van der Waals surface area (Å²) in [5, 5.41) is 5.88. The van der Waals surface area contributed by atoms with E-state index in [-0.39, 0.29) is 11.8 Å². The van der Waals surface area contributed by atoms with E-state index in [1.807, 2.05) is 37.2 Å². The first kappa shape index (κ1) is 26.0. The van der Waals surface area contributed by atoms with Crippen LogP contribution >= 0.6 is 0 Å². The summed E-state index contributed by atoms with van der Waals surface area (Å²) < 4.78 is 10.9. The molecule has 0 radical (unpaired) electrons. The molecule has 8 heteroatoms. The van der Waals surface area contributed by atoms with Crippen LogP contribution in [0.3, 0.4) is 0 Å². The Labute approximate surface area is 218 Å². The lowest BCUT2D eigenvalue weighted by atomic mass is 9.99. The first-order valence-electron chi connectivity index (χ1n) is 12.3. The zero-order valence-electron chi connectivity index (χ0n) is 21.8. The van der Waals surface area contributed by atoms with Gasteiger partial charge in [-0.2, -0.15) is 0 Å². The van der Waals surface area contributed by atoms with Gasteiger partial charge in [-0.1, -0.05) is 12.1 Å². The molecule has 4 rings (SSSR count). The average molecular weight is 503 g/mol. The Morgan fingerprint density at radius 3 is 2.27 bits per heavy atom. The fraction of sp³-hybridized carbons (Fsp3) is 0.310. The summed E-state index contributed by atoms with van der Waals surface area (Å²) in [7, 11) is 7.18. The van der Waals surface area contributed by atoms with Crippen LogP contribution in [-0.4, -0.2) is 64.7 Å². The van der Waals surface area contributed by atoms with E-state index in [1.54, 1.807) is 50.6 Å². The van der Waals surface area contributed by atoms with Crippen molar-refractivity contribution in [1.29, 1.82) is 0 Å². The first-order valence-corrected chi connectivity index (χ1v) is 12.3. The number of hydrogen-bond acceptors (Lipinski definition) is 6. The second kappa shape index (κ2) is 11.8. The minimum Gasteiger partial charge on any atom is -0.493 e. The van der Waals surface area contributed by atoms with Crippen LogP contribution in [0.1, 0.15) is 31.8 Å². The zero-order valence-corrected chi connectivity index (χ0v) is 21.8. The maximum atomic E-state index is 13.0. The lowest BCUT2D eigenvalue weighted by Gasteiger charge is -2.29. The highest BCUT2D eigenvalue weighted by Gasteiger charge is 2.20. The smallest absolute Gasteiger partial charge is 0.255 e. The molecule has 0 saturated heterocycles. The highest BCUT2D eigenvalue weighted by molar-refractivity contribution is 6.09. The standard InChI is InChI=1S/C29H34N4O4/c1-32(2)23-11-9-20(10-12-23)28(34)31-25-8-6-5-7-24(25)29(35)30-14-16-33-15-13-21-17-26(36-3)27(37-4)18-22(21)19-33/h5-12,17-18H,13-16,19H2,1-4H3,(H,30,35)(H,31,34). The normalized spacial score (nSPS) is 12.9. The van der Waals surface area contributed by atoms with E-state index in [4.69, 9.17) is 9.47 Å². The number of benzene rings is 3. The van der Waals surface area contributed by atoms with Crippen LogP contribution in [0.15, 0.2) is 60.7 Å². The Kier molecular flexibility index (Phi) is 8.30. The monoisotopic (exact) mass is 502 g/mol. The molecule has 0 saturated carbocycles. The molecule has 0 aromatic heterocycles. The predicted molar refractivity (Wildman–Crippen MR) is 146 cm³/mol. The number of carbonyl (C=O) groups is 2. The summed E-state index contributed by atoms with van der Waals surface area (Å²) in [5.41, 5.74) is 4.92. The quantitative estimate of drug-likeness (QED) is 0.463. The van der Waals surface area contributed by atoms with E-state index >= 15 is 0 Å². The van der Waals surface area contributed by atoms with Gasteiger partial charge in [0.1, 0.15) is 0 Å². The number of hydrogen-bond donors (Lipinski definition) is 2. The summed E-state index contributed by atoms with van der Waals surface area (Å²) in [5.74, 6) is 0.995. The van der Waals surface area contributed by atoms with Crippen molar-refractivity contribution in [3.05, 3.63) is 82.9 Å². The number of rotatable bonds is 9. The number of para-hydroxylation sites is 1. The summed E-state index contributed by atoms with van der Waals surface area (Å²) >= 11 is 0. The summed E-state index contributed by atoms with van der Waals surface area (Å²) in [6.45, 7) is 2.89. The minimum atomic E-state index is -0.260. The fourth-order valence-electron chi connectivity index (χ4n) is 4.45.